The maximum absolute atomic E-state index is 12.1. The number of nitrogens with zero attached hydrogens (tertiary/aromatic N) is 1. The van der Waals surface area contributed by atoms with E-state index in [-0.39, 0.29) is 16.4 Å². The zero-order valence-corrected chi connectivity index (χ0v) is 14.1. The van der Waals surface area contributed by atoms with Crippen molar-refractivity contribution >= 4 is 54.5 Å². The third kappa shape index (κ3) is 3.61. The van der Waals surface area contributed by atoms with Crippen molar-refractivity contribution in [2.24, 2.45) is 5.73 Å². The highest BCUT2D eigenvalue weighted by atomic mass is 79.9. The number of pyridine rings is 1. The maximum atomic E-state index is 12.1. The van der Waals surface area contributed by atoms with Gasteiger partial charge in [-0.25, -0.2) is 13.1 Å². The summed E-state index contributed by atoms with van der Waals surface area (Å²) in [5.74, 6) is 0. The molecule has 2 rings (SSSR count). The normalized spacial score (nSPS) is 11.4. The van der Waals surface area contributed by atoms with Gasteiger partial charge in [0.2, 0.25) is 10.0 Å². The van der Waals surface area contributed by atoms with Gasteiger partial charge in [0.25, 0.3) is 0 Å². The lowest BCUT2D eigenvalue weighted by molar-refractivity contribution is 0.581. The molecule has 0 amide bonds. The summed E-state index contributed by atoms with van der Waals surface area (Å²) in [6.45, 7) is 0.220. The minimum absolute atomic E-state index is 0.0742. The Morgan fingerprint density at radius 1 is 1.45 bits per heavy atom. The zero-order valence-electron chi connectivity index (χ0n) is 10.0. The smallest absolute Gasteiger partial charge is 0.242 e. The van der Waals surface area contributed by atoms with Crippen LogP contribution in [0.3, 0.4) is 0 Å². The van der Waals surface area contributed by atoms with Gasteiger partial charge in [-0.2, -0.15) is 0 Å². The molecule has 2 aromatic rings. The van der Waals surface area contributed by atoms with Crippen molar-refractivity contribution in [3.05, 3.63) is 44.8 Å². The number of halogens is 1. The zero-order chi connectivity index (χ0) is 14.8. The van der Waals surface area contributed by atoms with E-state index in [2.05, 4.69) is 25.6 Å². The number of thiocarbonyl (C=S) groups is 1. The number of hydrogen-bond acceptors (Lipinski definition) is 5. The molecule has 0 spiro atoms. The first-order valence-corrected chi connectivity index (χ1v) is 8.94. The van der Waals surface area contributed by atoms with E-state index < -0.39 is 10.0 Å². The number of sulfonamides is 1. The van der Waals surface area contributed by atoms with Gasteiger partial charge in [-0.05, 0) is 39.5 Å². The van der Waals surface area contributed by atoms with Crippen LogP contribution in [0.2, 0.25) is 0 Å². The van der Waals surface area contributed by atoms with E-state index in [4.69, 9.17) is 18.0 Å². The van der Waals surface area contributed by atoms with Gasteiger partial charge < -0.3 is 5.73 Å². The van der Waals surface area contributed by atoms with Crippen molar-refractivity contribution in [3.63, 3.8) is 0 Å². The number of rotatable bonds is 5. The van der Waals surface area contributed by atoms with E-state index in [1.807, 2.05) is 11.4 Å². The monoisotopic (exact) mass is 391 g/mol. The van der Waals surface area contributed by atoms with Gasteiger partial charge in [-0.3, -0.25) is 4.98 Å². The highest BCUT2D eigenvalue weighted by Gasteiger charge is 2.15. The lowest BCUT2D eigenvalue weighted by Gasteiger charge is -2.06. The first-order valence-electron chi connectivity index (χ1n) is 5.37. The van der Waals surface area contributed by atoms with E-state index in [0.29, 0.717) is 5.69 Å². The minimum atomic E-state index is -3.61. The lowest BCUT2D eigenvalue weighted by atomic mass is 10.3. The van der Waals surface area contributed by atoms with Gasteiger partial charge >= 0.3 is 0 Å². The Morgan fingerprint density at radius 3 is 2.70 bits per heavy atom. The molecule has 0 unspecified atom stereocenters. The summed E-state index contributed by atoms with van der Waals surface area (Å²) < 4.78 is 27.6. The van der Waals surface area contributed by atoms with Crippen LogP contribution in [0.15, 0.2) is 39.1 Å². The predicted molar refractivity (Wildman–Crippen MR) is 86.2 cm³/mol. The van der Waals surface area contributed by atoms with Crippen molar-refractivity contribution in [1.29, 1.82) is 0 Å². The van der Waals surface area contributed by atoms with Crippen LogP contribution in [-0.4, -0.2) is 18.4 Å². The van der Waals surface area contributed by atoms with Crippen molar-refractivity contribution < 1.29 is 8.42 Å². The highest BCUT2D eigenvalue weighted by molar-refractivity contribution is 9.10. The molecule has 0 radical (unpaired) electrons. The molecule has 2 heterocycles. The molecule has 0 saturated heterocycles. The second-order valence-corrected chi connectivity index (χ2v) is 7.82. The second kappa shape index (κ2) is 6.27. The molecule has 0 fully saturated rings. The summed E-state index contributed by atoms with van der Waals surface area (Å²) in [4.78, 5) is 5.02. The van der Waals surface area contributed by atoms with Crippen molar-refractivity contribution in [3.8, 4) is 0 Å². The summed E-state index contributed by atoms with van der Waals surface area (Å²) in [7, 11) is -3.61. The number of hydrogen-bond donors (Lipinski definition) is 2. The summed E-state index contributed by atoms with van der Waals surface area (Å²) in [6.07, 6.45) is 1.24. The Labute approximate surface area is 134 Å². The Hall–Kier alpha value is -0.870. The van der Waals surface area contributed by atoms with Gasteiger partial charge in [-0.15, -0.1) is 11.3 Å². The predicted octanol–water partition coefficient (Wildman–Crippen LogP) is 2.02. The van der Waals surface area contributed by atoms with Crippen molar-refractivity contribution in [2.75, 3.05) is 0 Å². The van der Waals surface area contributed by atoms with Gasteiger partial charge in [0.05, 0.1) is 5.69 Å². The molecule has 106 valence electrons. The molecule has 0 atom stereocenters. The average molecular weight is 392 g/mol. The van der Waals surface area contributed by atoms with Gasteiger partial charge in [0.1, 0.15) is 9.88 Å². The molecule has 9 heteroatoms. The fourth-order valence-corrected chi connectivity index (χ4v) is 3.96. The molecule has 0 aliphatic rings. The quantitative estimate of drug-likeness (QED) is 0.761. The number of nitrogens with one attached hydrogen (secondary N) is 1. The van der Waals surface area contributed by atoms with E-state index in [1.165, 1.54) is 29.7 Å². The SMILES string of the molecule is NC(=S)c1ccc(S(=O)(=O)NCc2sccc2Br)cn1. The summed E-state index contributed by atoms with van der Waals surface area (Å²) in [5, 5.41) is 1.88. The van der Waals surface area contributed by atoms with Crippen LogP contribution in [0.4, 0.5) is 0 Å². The molecule has 0 aliphatic heterocycles. The third-order valence-electron chi connectivity index (χ3n) is 2.41. The summed E-state index contributed by atoms with van der Waals surface area (Å²) in [5.41, 5.74) is 5.80. The lowest BCUT2D eigenvalue weighted by Crippen LogP contribution is -2.23. The topological polar surface area (TPSA) is 85.1 Å². The van der Waals surface area contributed by atoms with Gasteiger partial charge in [-0.1, -0.05) is 12.2 Å². The van der Waals surface area contributed by atoms with E-state index >= 15 is 0 Å². The van der Waals surface area contributed by atoms with Crippen molar-refractivity contribution in [2.45, 2.75) is 11.4 Å². The van der Waals surface area contributed by atoms with E-state index in [9.17, 15) is 8.42 Å². The molecule has 0 aliphatic carbocycles. The molecule has 0 aromatic carbocycles. The van der Waals surface area contributed by atoms with Crippen LogP contribution in [0, 0.1) is 0 Å². The summed E-state index contributed by atoms with van der Waals surface area (Å²) >= 11 is 9.58. The van der Waals surface area contributed by atoms with Crippen LogP contribution >= 0.6 is 39.5 Å². The van der Waals surface area contributed by atoms with E-state index in [1.54, 1.807) is 0 Å². The Bertz CT molecular complexity index is 726. The van der Waals surface area contributed by atoms with Crippen LogP contribution in [0.25, 0.3) is 0 Å². The van der Waals surface area contributed by atoms with Gasteiger partial charge in [0.15, 0.2) is 0 Å². The van der Waals surface area contributed by atoms with Gasteiger partial charge in [0, 0.05) is 22.1 Å². The highest BCUT2D eigenvalue weighted by Crippen LogP contribution is 2.22. The minimum Gasteiger partial charge on any atom is -0.388 e. The Kier molecular flexibility index (Phi) is 4.86. The molecule has 2 aromatic heterocycles. The molecule has 0 saturated carbocycles. The number of nitrogens with two attached hydrogens (primary N) is 1. The molecule has 3 N–H and O–H groups in total. The standard InChI is InChI=1S/C11H10BrN3O2S3/c12-8-3-4-19-10(8)6-15-20(16,17)7-1-2-9(11(13)18)14-5-7/h1-5,15H,6H2,(H2,13,18). The molecule has 5 nitrogen and oxygen atoms in total. The fraction of sp³-hybridized carbons (Fsp3) is 0.0909. The first-order chi connectivity index (χ1) is 9.40. The average Bonchev–Trinajstić information content (AvgIpc) is 2.82. The Morgan fingerprint density at radius 2 is 2.20 bits per heavy atom. The van der Waals surface area contributed by atoms with E-state index in [0.717, 1.165) is 9.35 Å². The van der Waals surface area contributed by atoms with Crippen LogP contribution < -0.4 is 10.5 Å². The second-order valence-electron chi connectivity index (χ2n) is 3.76. The molecule has 20 heavy (non-hydrogen) atoms. The molecule has 0 bridgehead atoms. The largest absolute Gasteiger partial charge is 0.388 e. The Balaban J connectivity index is 2.14. The first kappa shape index (κ1) is 15.5. The molecular weight excluding hydrogens is 382 g/mol. The number of thiophene rings is 1. The van der Waals surface area contributed by atoms with Crippen LogP contribution in [-0.2, 0) is 16.6 Å². The maximum Gasteiger partial charge on any atom is 0.242 e. The summed E-state index contributed by atoms with van der Waals surface area (Å²) in [6, 6.07) is 4.78. The fourth-order valence-electron chi connectivity index (χ4n) is 1.38. The van der Waals surface area contributed by atoms with Crippen LogP contribution in [0.5, 0.6) is 0 Å². The number of aromatic nitrogens is 1. The molecular formula is C11H10BrN3O2S3. The van der Waals surface area contributed by atoms with Crippen molar-refractivity contribution in [1.82, 2.24) is 9.71 Å². The third-order valence-corrected chi connectivity index (χ3v) is 5.93. The van der Waals surface area contributed by atoms with Crippen LogP contribution in [0.1, 0.15) is 10.6 Å².